The van der Waals surface area contributed by atoms with E-state index in [2.05, 4.69) is 47.9 Å². The van der Waals surface area contributed by atoms with E-state index in [0.717, 1.165) is 54.5 Å². The van der Waals surface area contributed by atoms with Crippen LogP contribution in [0.15, 0.2) is 42.5 Å². The Morgan fingerprint density at radius 2 is 1.97 bits per heavy atom. The standard InChI is InChI=1S/C28H33N3O4/c1-18(15-19-7-4-3-5-8-19)31-24-12-11-20-13-14-30(28(34)35-2)17-23(20)25(24)29-26(31)21-9-6-10-22(16-21)27(32)33/h3-5,7-8,11-12,18,21-22H,6,9-10,13-17H2,1-2H3,(H,32,33)/t18-,21-,22-/m1/s1. The largest absolute Gasteiger partial charge is 0.481 e. The summed E-state index contributed by atoms with van der Waals surface area (Å²) in [6.07, 6.45) is 4.50. The van der Waals surface area contributed by atoms with Crippen molar-refractivity contribution in [3.05, 3.63) is 65.0 Å². The van der Waals surface area contributed by atoms with Crippen LogP contribution in [0.25, 0.3) is 11.0 Å². The number of carbonyl (C=O) groups is 2. The number of ether oxygens (including phenoxy) is 1. The smallest absolute Gasteiger partial charge is 0.409 e. The number of nitrogens with zero attached hydrogens (tertiary/aromatic N) is 3. The lowest BCUT2D eigenvalue weighted by atomic mass is 9.81. The average Bonchev–Trinajstić information content (AvgIpc) is 3.29. The highest BCUT2D eigenvalue weighted by Crippen LogP contribution is 2.40. The lowest BCUT2D eigenvalue weighted by molar-refractivity contribution is -0.143. The number of benzene rings is 2. The van der Waals surface area contributed by atoms with Crippen LogP contribution in [-0.4, -0.2) is 45.3 Å². The van der Waals surface area contributed by atoms with Gasteiger partial charge in [0, 0.05) is 24.1 Å². The Labute approximate surface area is 205 Å². The molecule has 0 unspecified atom stereocenters. The van der Waals surface area contributed by atoms with E-state index >= 15 is 0 Å². The fraction of sp³-hybridized carbons (Fsp3) is 0.464. The monoisotopic (exact) mass is 475 g/mol. The number of rotatable bonds is 5. The fourth-order valence-corrected chi connectivity index (χ4v) is 5.94. The molecule has 1 fully saturated rings. The van der Waals surface area contributed by atoms with Gasteiger partial charge >= 0.3 is 12.1 Å². The molecule has 3 atom stereocenters. The summed E-state index contributed by atoms with van der Waals surface area (Å²) in [6.45, 7) is 3.33. The maximum absolute atomic E-state index is 12.3. The second kappa shape index (κ2) is 9.72. The van der Waals surface area contributed by atoms with Gasteiger partial charge < -0.3 is 19.3 Å². The average molecular weight is 476 g/mol. The van der Waals surface area contributed by atoms with Crippen molar-refractivity contribution in [2.75, 3.05) is 13.7 Å². The highest BCUT2D eigenvalue weighted by molar-refractivity contribution is 5.82. The summed E-state index contributed by atoms with van der Waals surface area (Å²) in [5.74, 6) is 0.0559. The van der Waals surface area contributed by atoms with E-state index in [1.807, 2.05) is 6.07 Å². The molecule has 184 valence electrons. The highest BCUT2D eigenvalue weighted by atomic mass is 16.5. The van der Waals surface area contributed by atoms with Gasteiger partial charge in [-0.2, -0.15) is 0 Å². The summed E-state index contributed by atoms with van der Waals surface area (Å²) in [5.41, 5.74) is 5.55. The van der Waals surface area contributed by atoms with Gasteiger partial charge in [-0.1, -0.05) is 42.8 Å². The van der Waals surface area contributed by atoms with Gasteiger partial charge in [-0.05, 0) is 56.2 Å². The molecule has 1 aromatic heterocycles. The molecule has 0 saturated heterocycles. The first-order valence-corrected chi connectivity index (χ1v) is 12.6. The van der Waals surface area contributed by atoms with Crippen molar-refractivity contribution in [1.29, 1.82) is 0 Å². The maximum Gasteiger partial charge on any atom is 0.409 e. The second-order valence-electron chi connectivity index (χ2n) is 9.99. The van der Waals surface area contributed by atoms with Gasteiger partial charge in [0.1, 0.15) is 5.82 Å². The van der Waals surface area contributed by atoms with Crippen LogP contribution in [0, 0.1) is 5.92 Å². The summed E-state index contributed by atoms with van der Waals surface area (Å²) in [4.78, 5) is 31.0. The Hall–Kier alpha value is -3.35. The van der Waals surface area contributed by atoms with Crippen molar-refractivity contribution in [2.45, 2.75) is 64.0 Å². The lowest BCUT2D eigenvalue weighted by Gasteiger charge is -2.28. The van der Waals surface area contributed by atoms with Crippen LogP contribution in [0.5, 0.6) is 0 Å². The molecule has 7 nitrogen and oxygen atoms in total. The molecule has 2 heterocycles. The molecule has 0 bridgehead atoms. The quantitative estimate of drug-likeness (QED) is 0.540. The molecule has 7 heteroatoms. The predicted molar refractivity (Wildman–Crippen MR) is 133 cm³/mol. The number of methoxy groups -OCH3 is 1. The molecule has 0 spiro atoms. The first-order chi connectivity index (χ1) is 17.0. The van der Waals surface area contributed by atoms with Crippen molar-refractivity contribution in [2.24, 2.45) is 5.92 Å². The zero-order valence-electron chi connectivity index (χ0n) is 20.4. The van der Waals surface area contributed by atoms with E-state index in [0.29, 0.717) is 19.5 Å². The minimum Gasteiger partial charge on any atom is -0.481 e. The fourth-order valence-electron chi connectivity index (χ4n) is 5.94. The van der Waals surface area contributed by atoms with E-state index in [4.69, 9.17) is 9.72 Å². The number of hydrogen-bond donors (Lipinski definition) is 1. The zero-order chi connectivity index (χ0) is 24.5. The van der Waals surface area contributed by atoms with E-state index < -0.39 is 5.97 Å². The van der Waals surface area contributed by atoms with E-state index in [9.17, 15) is 14.7 Å². The summed E-state index contributed by atoms with van der Waals surface area (Å²) < 4.78 is 7.33. The zero-order valence-corrected chi connectivity index (χ0v) is 20.4. The van der Waals surface area contributed by atoms with Gasteiger partial charge in [0.25, 0.3) is 0 Å². The highest BCUT2D eigenvalue weighted by Gasteiger charge is 2.33. The molecule has 0 radical (unpaired) electrons. The lowest BCUT2D eigenvalue weighted by Crippen LogP contribution is -2.35. The number of aliphatic carboxylic acids is 1. The summed E-state index contributed by atoms with van der Waals surface area (Å²) >= 11 is 0. The molecule has 1 aliphatic heterocycles. The molecule has 2 aliphatic rings. The van der Waals surface area contributed by atoms with Gasteiger partial charge in [-0.3, -0.25) is 4.79 Å². The van der Waals surface area contributed by atoms with Crippen LogP contribution in [0.4, 0.5) is 4.79 Å². The number of amides is 1. The number of fused-ring (bicyclic) bond motifs is 3. The number of aromatic nitrogens is 2. The van der Waals surface area contributed by atoms with Gasteiger partial charge in [0.15, 0.2) is 0 Å². The van der Waals surface area contributed by atoms with Crippen molar-refractivity contribution in [3.63, 3.8) is 0 Å². The Balaban J connectivity index is 1.60. The van der Waals surface area contributed by atoms with Crippen LogP contribution in [0.1, 0.15) is 67.1 Å². The summed E-state index contributed by atoms with van der Waals surface area (Å²) in [7, 11) is 1.42. The molecular formula is C28H33N3O4. The van der Waals surface area contributed by atoms with Gasteiger partial charge in [-0.15, -0.1) is 0 Å². The molecule has 2 aromatic carbocycles. The van der Waals surface area contributed by atoms with E-state index in [1.165, 1.54) is 18.2 Å². The third-order valence-corrected chi connectivity index (χ3v) is 7.73. The van der Waals surface area contributed by atoms with Gasteiger partial charge in [-0.25, -0.2) is 9.78 Å². The Bertz CT molecular complexity index is 1240. The number of carboxylic acid groups (broad SMARTS) is 1. The van der Waals surface area contributed by atoms with Crippen molar-refractivity contribution < 1.29 is 19.4 Å². The van der Waals surface area contributed by atoms with Gasteiger partial charge in [0.2, 0.25) is 0 Å². The van der Waals surface area contributed by atoms with Gasteiger partial charge in [0.05, 0.1) is 30.6 Å². The Morgan fingerprint density at radius 3 is 2.71 bits per heavy atom. The normalized spacial score (nSPS) is 20.9. The third-order valence-electron chi connectivity index (χ3n) is 7.73. The molecule has 1 saturated carbocycles. The maximum atomic E-state index is 12.3. The van der Waals surface area contributed by atoms with Crippen LogP contribution < -0.4 is 0 Å². The van der Waals surface area contributed by atoms with E-state index in [-0.39, 0.29) is 24.0 Å². The van der Waals surface area contributed by atoms with Crippen molar-refractivity contribution >= 4 is 23.1 Å². The molecular weight excluding hydrogens is 442 g/mol. The summed E-state index contributed by atoms with van der Waals surface area (Å²) in [6, 6.07) is 14.9. The molecule has 1 aliphatic carbocycles. The Morgan fingerprint density at radius 1 is 1.17 bits per heavy atom. The van der Waals surface area contributed by atoms with Crippen molar-refractivity contribution in [1.82, 2.24) is 14.5 Å². The molecule has 5 rings (SSSR count). The SMILES string of the molecule is COC(=O)N1CCc2ccc3c(nc([C@@H]4CCC[C@@H](C(=O)O)C4)n3[C@H](C)Cc3ccccc3)c2C1. The minimum atomic E-state index is -0.708. The summed E-state index contributed by atoms with van der Waals surface area (Å²) in [5, 5.41) is 9.70. The minimum absolute atomic E-state index is 0.103. The van der Waals surface area contributed by atoms with Crippen LogP contribution in [-0.2, 0) is 28.9 Å². The number of carboxylic acids is 1. The first-order valence-electron chi connectivity index (χ1n) is 12.6. The second-order valence-corrected chi connectivity index (χ2v) is 9.99. The van der Waals surface area contributed by atoms with Crippen LogP contribution in [0.3, 0.4) is 0 Å². The molecule has 1 N–H and O–H groups in total. The first kappa shape index (κ1) is 23.4. The molecule has 3 aromatic rings. The topological polar surface area (TPSA) is 84.7 Å². The van der Waals surface area contributed by atoms with E-state index in [1.54, 1.807) is 4.90 Å². The van der Waals surface area contributed by atoms with Crippen LogP contribution in [0.2, 0.25) is 0 Å². The third kappa shape index (κ3) is 4.51. The number of imidazole rings is 1. The number of hydrogen-bond acceptors (Lipinski definition) is 4. The van der Waals surface area contributed by atoms with Crippen LogP contribution >= 0.6 is 0 Å². The number of carbonyl (C=O) groups excluding carboxylic acids is 1. The van der Waals surface area contributed by atoms with Crippen molar-refractivity contribution in [3.8, 4) is 0 Å². The molecule has 35 heavy (non-hydrogen) atoms. The predicted octanol–water partition coefficient (Wildman–Crippen LogP) is 5.32. The molecule has 1 amide bonds. The Kier molecular flexibility index (Phi) is 6.50.